The van der Waals surface area contributed by atoms with Gasteiger partial charge in [-0.05, 0) is 25.8 Å². The fraction of sp³-hybridized carbons (Fsp3) is 0.357. The van der Waals surface area contributed by atoms with Crippen LogP contribution in [0.2, 0.25) is 0 Å². The molecule has 90 valence electrons. The van der Waals surface area contributed by atoms with Crippen LogP contribution in [0.1, 0.15) is 19.8 Å². The highest BCUT2D eigenvalue weighted by atomic mass is 16.5. The number of hydrogen-bond acceptors (Lipinski definition) is 3. The van der Waals surface area contributed by atoms with Gasteiger partial charge < -0.3 is 9.47 Å². The van der Waals surface area contributed by atoms with Gasteiger partial charge in [-0.3, -0.25) is 4.99 Å². The van der Waals surface area contributed by atoms with E-state index in [1.807, 2.05) is 18.3 Å². The van der Waals surface area contributed by atoms with Gasteiger partial charge >= 0.3 is 0 Å². The molecule has 17 heavy (non-hydrogen) atoms. The summed E-state index contributed by atoms with van der Waals surface area (Å²) in [5, 5.41) is 2.09. The SMILES string of the molecule is COc1cc2c(cc1OC)=C(C)CCC=CN=2. The van der Waals surface area contributed by atoms with Gasteiger partial charge in [0.2, 0.25) is 0 Å². The van der Waals surface area contributed by atoms with Crippen LogP contribution in [0.4, 0.5) is 0 Å². The number of benzene rings is 1. The first-order chi connectivity index (χ1) is 8.26. The molecule has 0 spiro atoms. The van der Waals surface area contributed by atoms with Gasteiger partial charge in [-0.1, -0.05) is 11.6 Å². The monoisotopic (exact) mass is 231 g/mol. The Morgan fingerprint density at radius 2 is 1.82 bits per heavy atom. The lowest BCUT2D eigenvalue weighted by Gasteiger charge is -2.09. The largest absolute Gasteiger partial charge is 0.493 e. The van der Waals surface area contributed by atoms with Crippen LogP contribution < -0.4 is 20.0 Å². The molecule has 0 atom stereocenters. The third-order valence-electron chi connectivity index (χ3n) is 2.97. The molecule has 0 aromatic heterocycles. The lowest BCUT2D eigenvalue weighted by molar-refractivity contribution is 0.354. The Kier molecular flexibility index (Phi) is 3.47. The summed E-state index contributed by atoms with van der Waals surface area (Å²) in [6, 6.07) is 3.93. The molecule has 0 radical (unpaired) electrons. The van der Waals surface area contributed by atoms with Crippen LogP contribution in [0.15, 0.2) is 29.4 Å². The fourth-order valence-electron chi connectivity index (χ4n) is 1.96. The van der Waals surface area contributed by atoms with Gasteiger partial charge in [0, 0.05) is 17.5 Å². The zero-order valence-corrected chi connectivity index (χ0v) is 10.5. The second-order valence-electron chi connectivity index (χ2n) is 4.06. The summed E-state index contributed by atoms with van der Waals surface area (Å²) < 4.78 is 10.6. The van der Waals surface area contributed by atoms with Crippen LogP contribution in [0.25, 0.3) is 5.57 Å². The maximum atomic E-state index is 5.32. The zero-order chi connectivity index (χ0) is 12.3. The van der Waals surface area contributed by atoms with Crippen LogP contribution in [-0.2, 0) is 0 Å². The third kappa shape index (κ3) is 2.33. The van der Waals surface area contributed by atoms with Gasteiger partial charge in [0.15, 0.2) is 11.5 Å². The molecule has 1 heterocycles. The zero-order valence-electron chi connectivity index (χ0n) is 10.5. The van der Waals surface area contributed by atoms with E-state index < -0.39 is 0 Å². The van der Waals surface area contributed by atoms with Crippen molar-refractivity contribution in [1.29, 1.82) is 0 Å². The molecule has 0 saturated heterocycles. The molecule has 0 bridgehead atoms. The van der Waals surface area contributed by atoms with Crippen LogP contribution in [0, 0.1) is 0 Å². The minimum Gasteiger partial charge on any atom is -0.493 e. The minimum atomic E-state index is 0.719. The number of allylic oxidation sites excluding steroid dienone is 1. The third-order valence-corrected chi connectivity index (χ3v) is 2.97. The first-order valence-electron chi connectivity index (χ1n) is 5.71. The van der Waals surface area contributed by atoms with Crippen molar-refractivity contribution in [2.45, 2.75) is 19.8 Å². The Morgan fingerprint density at radius 3 is 2.53 bits per heavy atom. The van der Waals surface area contributed by atoms with Gasteiger partial charge in [-0.2, -0.15) is 0 Å². The van der Waals surface area contributed by atoms with E-state index in [0.717, 1.165) is 34.9 Å². The van der Waals surface area contributed by atoms with Crippen molar-refractivity contribution >= 4 is 5.57 Å². The predicted octanol–water partition coefficient (Wildman–Crippen LogP) is 1.80. The molecule has 0 amide bonds. The number of nitrogens with zero attached hydrogens (tertiary/aromatic N) is 1. The molecule has 0 fully saturated rings. The fourth-order valence-corrected chi connectivity index (χ4v) is 1.96. The Balaban J connectivity index is 2.78. The molecule has 0 aliphatic carbocycles. The molecule has 3 nitrogen and oxygen atoms in total. The Labute approximate surface area is 101 Å². The van der Waals surface area contributed by atoms with E-state index in [1.54, 1.807) is 14.2 Å². The van der Waals surface area contributed by atoms with E-state index in [9.17, 15) is 0 Å². The van der Waals surface area contributed by atoms with Gasteiger partial charge in [0.25, 0.3) is 0 Å². The Morgan fingerprint density at radius 1 is 1.12 bits per heavy atom. The van der Waals surface area contributed by atoms with Crippen molar-refractivity contribution in [2.24, 2.45) is 4.99 Å². The Bertz CT molecular complexity index is 558. The molecular formula is C14H17NO2. The number of fused-ring (bicyclic) bond motifs is 1. The average Bonchev–Trinajstić information content (AvgIpc) is 2.35. The molecular weight excluding hydrogens is 214 g/mol. The summed E-state index contributed by atoms with van der Waals surface area (Å²) in [5.41, 5.74) is 1.33. The van der Waals surface area contributed by atoms with E-state index in [1.165, 1.54) is 5.57 Å². The summed E-state index contributed by atoms with van der Waals surface area (Å²) in [7, 11) is 3.29. The summed E-state index contributed by atoms with van der Waals surface area (Å²) in [6.07, 6.45) is 6.03. The number of rotatable bonds is 2. The molecule has 2 rings (SSSR count). The van der Waals surface area contributed by atoms with Crippen molar-refractivity contribution in [3.05, 3.63) is 35.0 Å². The molecule has 1 aliphatic rings. The van der Waals surface area contributed by atoms with Crippen molar-refractivity contribution in [3.63, 3.8) is 0 Å². The average molecular weight is 231 g/mol. The van der Waals surface area contributed by atoms with E-state index in [4.69, 9.17) is 9.47 Å². The molecule has 0 N–H and O–H groups in total. The van der Waals surface area contributed by atoms with E-state index in [0.29, 0.717) is 0 Å². The molecule has 0 unspecified atom stereocenters. The normalized spacial score (nSPS) is 14.4. The molecule has 0 saturated carbocycles. The highest BCUT2D eigenvalue weighted by Crippen LogP contribution is 2.22. The van der Waals surface area contributed by atoms with Gasteiger partial charge in [-0.15, -0.1) is 0 Å². The number of methoxy groups -OCH3 is 2. The molecule has 3 heteroatoms. The molecule has 1 aromatic carbocycles. The number of ether oxygens (including phenoxy) is 2. The highest BCUT2D eigenvalue weighted by molar-refractivity contribution is 5.48. The van der Waals surface area contributed by atoms with Crippen LogP contribution in [-0.4, -0.2) is 14.2 Å². The Hall–Kier alpha value is -1.77. The molecule has 1 aliphatic heterocycles. The maximum absolute atomic E-state index is 5.32. The smallest absolute Gasteiger partial charge is 0.162 e. The van der Waals surface area contributed by atoms with Gasteiger partial charge in [0.05, 0.1) is 19.6 Å². The van der Waals surface area contributed by atoms with E-state index in [-0.39, 0.29) is 0 Å². The predicted molar refractivity (Wildman–Crippen MR) is 67.8 cm³/mol. The molecule has 1 aromatic rings. The summed E-state index contributed by atoms with van der Waals surface area (Å²) in [6.45, 7) is 2.14. The van der Waals surface area contributed by atoms with Gasteiger partial charge in [-0.25, -0.2) is 0 Å². The van der Waals surface area contributed by atoms with Gasteiger partial charge in [0.1, 0.15) is 0 Å². The summed E-state index contributed by atoms with van der Waals surface area (Å²) >= 11 is 0. The highest BCUT2D eigenvalue weighted by Gasteiger charge is 2.06. The van der Waals surface area contributed by atoms with Crippen molar-refractivity contribution in [3.8, 4) is 11.5 Å². The standard InChI is InChI=1S/C14H17NO2/c1-10-6-4-5-7-15-12-9-14(17-3)13(16-2)8-11(10)12/h5,7-9H,4,6H2,1-3H3. The van der Waals surface area contributed by atoms with E-state index >= 15 is 0 Å². The number of hydrogen-bond donors (Lipinski definition) is 0. The lowest BCUT2D eigenvalue weighted by atomic mass is 10.1. The summed E-state index contributed by atoms with van der Waals surface area (Å²) in [4.78, 5) is 4.44. The lowest BCUT2D eigenvalue weighted by Crippen LogP contribution is -2.27. The quantitative estimate of drug-likeness (QED) is 0.777. The van der Waals surface area contributed by atoms with Crippen molar-refractivity contribution < 1.29 is 9.47 Å². The topological polar surface area (TPSA) is 30.8 Å². The minimum absolute atomic E-state index is 0.719. The first-order valence-corrected chi connectivity index (χ1v) is 5.71. The van der Waals surface area contributed by atoms with Crippen LogP contribution in [0.3, 0.4) is 0 Å². The van der Waals surface area contributed by atoms with Crippen molar-refractivity contribution in [1.82, 2.24) is 0 Å². The van der Waals surface area contributed by atoms with Crippen LogP contribution >= 0.6 is 0 Å². The van der Waals surface area contributed by atoms with E-state index in [2.05, 4.69) is 18.0 Å². The second-order valence-corrected chi connectivity index (χ2v) is 4.06. The first kappa shape index (κ1) is 11.7. The summed E-state index contributed by atoms with van der Waals surface area (Å²) in [5.74, 6) is 1.47. The second kappa shape index (κ2) is 5.04. The van der Waals surface area contributed by atoms with Crippen molar-refractivity contribution in [2.75, 3.05) is 14.2 Å². The maximum Gasteiger partial charge on any atom is 0.162 e. The van der Waals surface area contributed by atoms with Crippen LogP contribution in [0.5, 0.6) is 11.5 Å².